The maximum atomic E-state index is 11.3. The number of nitroso groups, excluding NO2 is 1. The highest BCUT2D eigenvalue weighted by Gasteiger charge is 2.18. The van der Waals surface area contributed by atoms with Gasteiger partial charge in [0.25, 0.3) is 0 Å². The van der Waals surface area contributed by atoms with Gasteiger partial charge in [-0.25, -0.2) is 4.98 Å². The molecule has 5 nitrogen and oxygen atoms in total. The van der Waals surface area contributed by atoms with Gasteiger partial charge in [0.2, 0.25) is 0 Å². The molecule has 0 atom stereocenters. The summed E-state index contributed by atoms with van der Waals surface area (Å²) in [6.45, 7) is 0.557. The van der Waals surface area contributed by atoms with E-state index in [2.05, 4.69) is 10.2 Å². The standard InChI is InChI=1S/C18H13N3O2/c22-18-14-9-5-4-8-13(14)15(20-23)16-17(18)21(11-19-16)10-12-6-2-1-3-7-12/h1-9,11,22H,10H2. The zero-order valence-corrected chi connectivity index (χ0v) is 12.2. The third kappa shape index (κ3) is 2.05. The Morgan fingerprint density at radius 3 is 2.43 bits per heavy atom. The molecule has 0 aliphatic carbocycles. The first-order valence-electron chi connectivity index (χ1n) is 7.25. The van der Waals surface area contributed by atoms with E-state index in [0.717, 1.165) is 5.56 Å². The third-order valence-corrected chi connectivity index (χ3v) is 4.01. The largest absolute Gasteiger partial charge is 0.505 e. The lowest BCUT2D eigenvalue weighted by Gasteiger charge is -2.09. The van der Waals surface area contributed by atoms with Crippen LogP contribution < -0.4 is 0 Å². The molecule has 1 heterocycles. The second kappa shape index (κ2) is 5.21. The molecule has 0 fully saturated rings. The summed E-state index contributed by atoms with van der Waals surface area (Å²) >= 11 is 0. The van der Waals surface area contributed by atoms with Gasteiger partial charge in [-0.1, -0.05) is 54.6 Å². The number of aromatic hydroxyl groups is 1. The van der Waals surface area contributed by atoms with Crippen LogP contribution >= 0.6 is 0 Å². The van der Waals surface area contributed by atoms with E-state index in [1.807, 2.05) is 47.0 Å². The van der Waals surface area contributed by atoms with Crippen LogP contribution in [0.25, 0.3) is 21.8 Å². The number of nitrogens with zero attached hydrogens (tertiary/aromatic N) is 3. The number of fused-ring (bicyclic) bond motifs is 2. The highest BCUT2D eigenvalue weighted by Crippen LogP contribution is 2.41. The lowest BCUT2D eigenvalue weighted by Crippen LogP contribution is -1.98. The minimum Gasteiger partial charge on any atom is -0.505 e. The van der Waals surface area contributed by atoms with Gasteiger partial charge >= 0.3 is 0 Å². The predicted octanol–water partition coefficient (Wildman–Crippen LogP) is 4.34. The molecule has 23 heavy (non-hydrogen) atoms. The SMILES string of the molecule is O=Nc1c2ccccc2c(O)c2c1ncn2Cc1ccccc1. The van der Waals surface area contributed by atoms with Crippen LogP contribution in [0.2, 0.25) is 0 Å². The molecule has 1 N–H and O–H groups in total. The molecule has 0 radical (unpaired) electrons. The molecular formula is C18H13N3O2. The Hall–Kier alpha value is -3.21. The highest BCUT2D eigenvalue weighted by molar-refractivity contribution is 6.12. The van der Waals surface area contributed by atoms with Gasteiger partial charge in [0.05, 0.1) is 6.33 Å². The summed E-state index contributed by atoms with van der Waals surface area (Å²) < 4.78 is 1.83. The van der Waals surface area contributed by atoms with Crippen molar-refractivity contribution in [3.05, 3.63) is 71.4 Å². The van der Waals surface area contributed by atoms with Crippen molar-refractivity contribution >= 4 is 27.5 Å². The van der Waals surface area contributed by atoms with Crippen LogP contribution in [0, 0.1) is 4.91 Å². The molecule has 0 spiro atoms. The summed E-state index contributed by atoms with van der Waals surface area (Å²) in [5.74, 6) is 0.122. The quantitative estimate of drug-likeness (QED) is 0.572. The molecular weight excluding hydrogens is 290 g/mol. The van der Waals surface area contributed by atoms with Gasteiger partial charge < -0.3 is 9.67 Å². The molecule has 0 amide bonds. The smallest absolute Gasteiger partial charge is 0.149 e. The number of phenolic OH excluding ortho intramolecular Hbond substituents is 1. The van der Waals surface area contributed by atoms with Crippen molar-refractivity contribution < 1.29 is 5.11 Å². The summed E-state index contributed by atoms with van der Waals surface area (Å²) in [5.41, 5.74) is 2.30. The second-order valence-electron chi connectivity index (χ2n) is 5.39. The Morgan fingerprint density at radius 2 is 1.70 bits per heavy atom. The van der Waals surface area contributed by atoms with Crippen LogP contribution in [0.1, 0.15) is 5.56 Å². The topological polar surface area (TPSA) is 67.5 Å². The van der Waals surface area contributed by atoms with Crippen molar-refractivity contribution in [3.63, 3.8) is 0 Å². The van der Waals surface area contributed by atoms with E-state index >= 15 is 0 Å². The molecule has 4 aromatic rings. The monoisotopic (exact) mass is 303 g/mol. The Balaban J connectivity index is 2.01. The molecule has 0 bridgehead atoms. The molecule has 5 heteroatoms. The predicted molar refractivity (Wildman–Crippen MR) is 89.9 cm³/mol. The van der Waals surface area contributed by atoms with Crippen molar-refractivity contribution in [2.45, 2.75) is 6.54 Å². The normalized spacial score (nSPS) is 11.1. The third-order valence-electron chi connectivity index (χ3n) is 4.01. The minimum atomic E-state index is 0.122. The van der Waals surface area contributed by atoms with Gasteiger partial charge in [0.15, 0.2) is 0 Å². The average Bonchev–Trinajstić information content (AvgIpc) is 3.00. The summed E-state index contributed by atoms with van der Waals surface area (Å²) in [5, 5.41) is 15.0. The van der Waals surface area contributed by atoms with E-state index in [-0.39, 0.29) is 11.4 Å². The van der Waals surface area contributed by atoms with Crippen LogP contribution in [-0.2, 0) is 6.54 Å². The van der Waals surface area contributed by atoms with Crippen molar-refractivity contribution in [1.82, 2.24) is 9.55 Å². The Kier molecular flexibility index (Phi) is 3.05. The number of rotatable bonds is 3. The molecule has 0 saturated heterocycles. The van der Waals surface area contributed by atoms with E-state index in [1.165, 1.54) is 0 Å². The van der Waals surface area contributed by atoms with Crippen LogP contribution in [0.15, 0.2) is 66.1 Å². The van der Waals surface area contributed by atoms with Crippen molar-refractivity contribution in [2.24, 2.45) is 5.18 Å². The maximum Gasteiger partial charge on any atom is 0.149 e. The molecule has 3 aromatic carbocycles. The number of benzene rings is 3. The van der Waals surface area contributed by atoms with Gasteiger partial charge in [-0.2, -0.15) is 0 Å². The lowest BCUT2D eigenvalue weighted by molar-refractivity contribution is 0.484. The average molecular weight is 303 g/mol. The first-order valence-corrected chi connectivity index (χ1v) is 7.25. The first-order chi connectivity index (χ1) is 11.3. The van der Waals surface area contributed by atoms with Crippen LogP contribution in [0.3, 0.4) is 0 Å². The Bertz CT molecular complexity index is 1020. The van der Waals surface area contributed by atoms with E-state index < -0.39 is 0 Å². The van der Waals surface area contributed by atoms with Crippen molar-refractivity contribution in [3.8, 4) is 5.75 Å². The van der Waals surface area contributed by atoms with Gasteiger partial charge in [-0.15, -0.1) is 4.91 Å². The lowest BCUT2D eigenvalue weighted by atomic mass is 10.1. The molecule has 0 aliphatic rings. The van der Waals surface area contributed by atoms with E-state index in [0.29, 0.717) is 28.4 Å². The fourth-order valence-electron chi connectivity index (χ4n) is 2.95. The van der Waals surface area contributed by atoms with Crippen LogP contribution in [-0.4, -0.2) is 14.7 Å². The van der Waals surface area contributed by atoms with Crippen molar-refractivity contribution in [2.75, 3.05) is 0 Å². The summed E-state index contributed by atoms with van der Waals surface area (Å²) in [4.78, 5) is 15.6. The van der Waals surface area contributed by atoms with Crippen LogP contribution in [0.5, 0.6) is 5.75 Å². The second-order valence-corrected chi connectivity index (χ2v) is 5.39. The fourth-order valence-corrected chi connectivity index (χ4v) is 2.95. The zero-order valence-electron chi connectivity index (χ0n) is 12.2. The number of hydrogen-bond donors (Lipinski definition) is 1. The van der Waals surface area contributed by atoms with Crippen molar-refractivity contribution in [1.29, 1.82) is 0 Å². The number of hydrogen-bond acceptors (Lipinski definition) is 4. The van der Waals surface area contributed by atoms with E-state index in [1.54, 1.807) is 18.5 Å². The first kappa shape index (κ1) is 13.5. The molecule has 1 aromatic heterocycles. The molecule has 0 aliphatic heterocycles. The Labute approximate surface area is 131 Å². The summed E-state index contributed by atoms with van der Waals surface area (Å²) in [6.07, 6.45) is 1.63. The molecule has 112 valence electrons. The van der Waals surface area contributed by atoms with E-state index in [9.17, 15) is 10.0 Å². The van der Waals surface area contributed by atoms with Gasteiger partial charge in [-0.3, -0.25) is 0 Å². The molecule has 0 unspecified atom stereocenters. The van der Waals surface area contributed by atoms with Gasteiger partial charge in [0, 0.05) is 17.3 Å². The summed E-state index contributed by atoms with van der Waals surface area (Å²) in [6, 6.07) is 17.1. The molecule has 0 saturated carbocycles. The number of aromatic nitrogens is 2. The number of phenols is 1. The molecule has 4 rings (SSSR count). The zero-order chi connectivity index (χ0) is 15.8. The van der Waals surface area contributed by atoms with Crippen LogP contribution in [0.4, 0.5) is 5.69 Å². The van der Waals surface area contributed by atoms with E-state index in [4.69, 9.17) is 0 Å². The van der Waals surface area contributed by atoms with Gasteiger partial charge in [-0.05, 0) is 10.7 Å². The minimum absolute atomic E-state index is 0.122. The Morgan fingerprint density at radius 1 is 1.00 bits per heavy atom. The van der Waals surface area contributed by atoms with Gasteiger partial charge in [0.1, 0.15) is 22.5 Å². The fraction of sp³-hybridized carbons (Fsp3) is 0.0556. The summed E-state index contributed by atoms with van der Waals surface area (Å²) in [7, 11) is 0. The highest BCUT2D eigenvalue weighted by atomic mass is 16.3. The maximum absolute atomic E-state index is 11.3. The number of imidazole rings is 1.